The van der Waals surface area contributed by atoms with Crippen LogP contribution in [-0.4, -0.2) is 34.1 Å². The molecule has 0 saturated carbocycles. The molecule has 1 fully saturated rings. The highest BCUT2D eigenvalue weighted by Crippen LogP contribution is 2.11. The van der Waals surface area contributed by atoms with E-state index in [0.717, 1.165) is 25.9 Å². The number of aromatic nitrogens is 2. The predicted octanol–water partition coefficient (Wildman–Crippen LogP) is 1.71. The fourth-order valence-corrected chi connectivity index (χ4v) is 2.13. The molecular formula is C12H19N3O2. The molecule has 0 bridgehead atoms. The van der Waals surface area contributed by atoms with Crippen molar-refractivity contribution in [2.24, 2.45) is 0 Å². The van der Waals surface area contributed by atoms with Crippen LogP contribution < -0.4 is 0 Å². The maximum absolute atomic E-state index is 12.0. The summed E-state index contributed by atoms with van der Waals surface area (Å²) in [4.78, 5) is 13.9. The normalized spacial score (nSPS) is 16.9. The van der Waals surface area contributed by atoms with Gasteiger partial charge in [-0.1, -0.05) is 12.8 Å². The summed E-state index contributed by atoms with van der Waals surface area (Å²) in [6, 6.07) is 0. The van der Waals surface area contributed by atoms with Crippen molar-refractivity contribution in [2.45, 2.75) is 45.4 Å². The summed E-state index contributed by atoms with van der Waals surface area (Å²) in [5.41, 5.74) is 0. The van der Waals surface area contributed by atoms with Gasteiger partial charge in [0.1, 0.15) is 0 Å². The van der Waals surface area contributed by atoms with E-state index in [2.05, 4.69) is 10.2 Å². The lowest BCUT2D eigenvalue weighted by Crippen LogP contribution is -2.31. The monoisotopic (exact) mass is 237 g/mol. The highest BCUT2D eigenvalue weighted by Gasteiger charge is 2.16. The van der Waals surface area contributed by atoms with Crippen LogP contribution >= 0.6 is 0 Å². The average molecular weight is 237 g/mol. The topological polar surface area (TPSA) is 59.2 Å². The minimum Gasteiger partial charge on any atom is -0.426 e. The molecule has 0 atom stereocenters. The van der Waals surface area contributed by atoms with Gasteiger partial charge in [-0.05, 0) is 12.8 Å². The second kappa shape index (κ2) is 5.80. The Bertz CT molecular complexity index is 368. The van der Waals surface area contributed by atoms with Crippen LogP contribution in [0.15, 0.2) is 4.42 Å². The second-order valence-electron chi connectivity index (χ2n) is 4.51. The Hall–Kier alpha value is -1.39. The number of amides is 1. The Balaban J connectivity index is 1.79. The minimum absolute atomic E-state index is 0.211. The molecule has 5 nitrogen and oxygen atoms in total. The first-order valence-corrected chi connectivity index (χ1v) is 6.32. The molecule has 1 saturated heterocycles. The lowest BCUT2D eigenvalue weighted by molar-refractivity contribution is -0.131. The zero-order valence-corrected chi connectivity index (χ0v) is 10.3. The van der Waals surface area contributed by atoms with E-state index in [1.807, 2.05) is 4.90 Å². The van der Waals surface area contributed by atoms with Crippen molar-refractivity contribution in [1.82, 2.24) is 15.1 Å². The molecule has 0 aromatic carbocycles. The Kier molecular flexibility index (Phi) is 4.12. The number of carbonyl (C=O) groups excluding carboxylic acids is 1. The van der Waals surface area contributed by atoms with Crippen molar-refractivity contribution in [3.63, 3.8) is 0 Å². The van der Waals surface area contributed by atoms with Crippen LogP contribution in [0.4, 0.5) is 0 Å². The van der Waals surface area contributed by atoms with E-state index >= 15 is 0 Å². The number of likely N-dealkylation sites (tertiary alicyclic amines) is 1. The molecule has 1 aromatic heterocycles. The van der Waals surface area contributed by atoms with Crippen molar-refractivity contribution in [1.29, 1.82) is 0 Å². The highest BCUT2D eigenvalue weighted by atomic mass is 16.4. The fraction of sp³-hybridized carbons (Fsp3) is 0.750. The van der Waals surface area contributed by atoms with Crippen LogP contribution in [0.1, 0.15) is 43.9 Å². The van der Waals surface area contributed by atoms with E-state index in [0.29, 0.717) is 24.6 Å². The number of rotatable bonds is 3. The summed E-state index contributed by atoms with van der Waals surface area (Å²) >= 11 is 0. The number of aryl methyl sites for hydroxylation is 2. The third-order valence-electron chi connectivity index (χ3n) is 3.08. The number of hydrogen-bond donors (Lipinski definition) is 0. The van der Waals surface area contributed by atoms with Crippen LogP contribution in [0.25, 0.3) is 0 Å². The molecule has 17 heavy (non-hydrogen) atoms. The van der Waals surface area contributed by atoms with Crippen molar-refractivity contribution >= 4 is 5.91 Å². The van der Waals surface area contributed by atoms with Gasteiger partial charge < -0.3 is 9.32 Å². The quantitative estimate of drug-likeness (QED) is 0.803. The van der Waals surface area contributed by atoms with E-state index in [4.69, 9.17) is 4.42 Å². The van der Waals surface area contributed by atoms with Crippen molar-refractivity contribution in [2.75, 3.05) is 13.1 Å². The Morgan fingerprint density at radius 2 is 1.94 bits per heavy atom. The van der Waals surface area contributed by atoms with Crippen LogP contribution in [0.3, 0.4) is 0 Å². The molecule has 94 valence electrons. The predicted molar refractivity (Wildman–Crippen MR) is 62.4 cm³/mol. The third kappa shape index (κ3) is 3.54. The first kappa shape index (κ1) is 12.1. The Morgan fingerprint density at radius 3 is 2.53 bits per heavy atom. The van der Waals surface area contributed by atoms with Gasteiger partial charge in [-0.2, -0.15) is 0 Å². The van der Waals surface area contributed by atoms with Gasteiger partial charge in [-0.15, -0.1) is 10.2 Å². The third-order valence-corrected chi connectivity index (χ3v) is 3.08. The number of carbonyl (C=O) groups is 1. The average Bonchev–Trinajstić information content (AvgIpc) is 2.58. The van der Waals surface area contributed by atoms with E-state index < -0.39 is 0 Å². The van der Waals surface area contributed by atoms with Gasteiger partial charge in [-0.3, -0.25) is 4.79 Å². The summed E-state index contributed by atoms with van der Waals surface area (Å²) < 4.78 is 5.25. The molecule has 1 amide bonds. The van der Waals surface area contributed by atoms with E-state index in [9.17, 15) is 4.79 Å². The first-order valence-electron chi connectivity index (χ1n) is 6.32. The molecule has 0 radical (unpaired) electrons. The van der Waals surface area contributed by atoms with E-state index in [1.165, 1.54) is 12.8 Å². The zero-order valence-electron chi connectivity index (χ0n) is 10.3. The van der Waals surface area contributed by atoms with Crippen LogP contribution in [0, 0.1) is 6.92 Å². The van der Waals surface area contributed by atoms with Gasteiger partial charge in [-0.25, -0.2) is 0 Å². The Morgan fingerprint density at radius 1 is 1.24 bits per heavy atom. The SMILES string of the molecule is Cc1nnc(CCC(=O)N2CCCCCC2)o1. The van der Waals surface area contributed by atoms with Crippen molar-refractivity contribution in [3.05, 3.63) is 11.8 Å². The summed E-state index contributed by atoms with van der Waals surface area (Å²) in [5, 5.41) is 7.64. The van der Waals surface area contributed by atoms with E-state index in [1.54, 1.807) is 6.92 Å². The Labute approximate surface area is 101 Å². The van der Waals surface area contributed by atoms with Gasteiger partial charge in [0, 0.05) is 32.9 Å². The smallest absolute Gasteiger partial charge is 0.223 e. The van der Waals surface area contributed by atoms with Crippen molar-refractivity contribution in [3.8, 4) is 0 Å². The summed E-state index contributed by atoms with van der Waals surface area (Å²) in [7, 11) is 0. The van der Waals surface area contributed by atoms with Gasteiger partial charge in [0.05, 0.1) is 0 Å². The minimum atomic E-state index is 0.211. The zero-order chi connectivity index (χ0) is 12.1. The van der Waals surface area contributed by atoms with Crippen LogP contribution in [0.5, 0.6) is 0 Å². The molecule has 0 spiro atoms. The molecule has 2 heterocycles. The molecule has 2 rings (SSSR count). The van der Waals surface area contributed by atoms with Gasteiger partial charge in [0.25, 0.3) is 0 Å². The van der Waals surface area contributed by atoms with Gasteiger partial charge in [0.15, 0.2) is 0 Å². The van der Waals surface area contributed by atoms with E-state index in [-0.39, 0.29) is 5.91 Å². The van der Waals surface area contributed by atoms with Gasteiger partial charge in [0.2, 0.25) is 17.7 Å². The molecule has 1 aliphatic rings. The molecule has 0 unspecified atom stereocenters. The first-order chi connectivity index (χ1) is 8.25. The summed E-state index contributed by atoms with van der Waals surface area (Å²) in [6.45, 7) is 3.57. The standard InChI is InChI=1S/C12H19N3O2/c1-10-13-14-11(17-10)6-7-12(16)15-8-4-2-3-5-9-15/h2-9H2,1H3. The molecule has 0 aliphatic carbocycles. The largest absolute Gasteiger partial charge is 0.426 e. The molecular weight excluding hydrogens is 218 g/mol. The lowest BCUT2D eigenvalue weighted by Gasteiger charge is -2.19. The van der Waals surface area contributed by atoms with Crippen LogP contribution in [0.2, 0.25) is 0 Å². The maximum atomic E-state index is 12.0. The summed E-state index contributed by atoms with van der Waals surface area (Å²) in [5.74, 6) is 1.33. The maximum Gasteiger partial charge on any atom is 0.223 e. The molecule has 1 aliphatic heterocycles. The lowest BCUT2D eigenvalue weighted by atomic mass is 10.2. The van der Waals surface area contributed by atoms with Crippen molar-refractivity contribution < 1.29 is 9.21 Å². The highest BCUT2D eigenvalue weighted by molar-refractivity contribution is 5.76. The summed E-state index contributed by atoms with van der Waals surface area (Å²) in [6.07, 6.45) is 5.77. The number of hydrogen-bond acceptors (Lipinski definition) is 4. The molecule has 0 N–H and O–H groups in total. The van der Waals surface area contributed by atoms with Crippen LogP contribution in [-0.2, 0) is 11.2 Å². The number of nitrogens with zero attached hydrogens (tertiary/aromatic N) is 3. The second-order valence-corrected chi connectivity index (χ2v) is 4.51. The fourth-order valence-electron chi connectivity index (χ4n) is 2.13. The van der Waals surface area contributed by atoms with Gasteiger partial charge >= 0.3 is 0 Å². The molecule has 1 aromatic rings. The molecule has 5 heteroatoms.